The summed E-state index contributed by atoms with van der Waals surface area (Å²) >= 11 is 0. The molecule has 1 N–H and O–H groups in total. The minimum atomic E-state index is -0.351. The van der Waals surface area contributed by atoms with Gasteiger partial charge in [0.15, 0.2) is 0 Å². The van der Waals surface area contributed by atoms with E-state index < -0.39 is 0 Å². The topological polar surface area (TPSA) is 77.1 Å². The summed E-state index contributed by atoms with van der Waals surface area (Å²) in [6.07, 6.45) is 2.14. The number of furan rings is 1. The molecule has 2 aromatic heterocycles. The van der Waals surface area contributed by atoms with E-state index in [2.05, 4.69) is 10.3 Å². The van der Waals surface area contributed by atoms with Crippen molar-refractivity contribution in [3.05, 3.63) is 63.7 Å². The minimum Gasteiger partial charge on any atom is -0.442 e. The van der Waals surface area contributed by atoms with Crippen LogP contribution in [-0.4, -0.2) is 21.5 Å². The summed E-state index contributed by atoms with van der Waals surface area (Å²) in [4.78, 5) is 29.1. The molecule has 1 fully saturated rings. The summed E-state index contributed by atoms with van der Waals surface area (Å²) < 4.78 is 19.8. The van der Waals surface area contributed by atoms with Crippen LogP contribution in [0.3, 0.4) is 0 Å². The van der Waals surface area contributed by atoms with Crippen molar-refractivity contribution in [2.24, 2.45) is 7.05 Å². The Labute approximate surface area is 142 Å². The highest BCUT2D eigenvalue weighted by atomic mass is 19.1. The molecule has 0 radical (unpaired) electrons. The van der Waals surface area contributed by atoms with Crippen molar-refractivity contribution in [2.45, 2.75) is 25.3 Å². The zero-order valence-electron chi connectivity index (χ0n) is 13.7. The van der Waals surface area contributed by atoms with Gasteiger partial charge in [-0.2, -0.15) is 0 Å². The van der Waals surface area contributed by atoms with Gasteiger partial charge in [0.1, 0.15) is 23.3 Å². The predicted molar refractivity (Wildman–Crippen MR) is 89.0 cm³/mol. The molecule has 7 heteroatoms. The Kier molecular flexibility index (Phi) is 3.45. The number of carbonyl (C=O) groups excluding carboxylic acids is 1. The lowest BCUT2D eigenvalue weighted by Gasteiger charge is -2.05. The molecule has 2 atom stereocenters. The maximum atomic E-state index is 13.0. The highest BCUT2D eigenvalue weighted by Crippen LogP contribution is 2.41. The first-order valence-electron chi connectivity index (χ1n) is 7.96. The lowest BCUT2D eigenvalue weighted by atomic mass is 10.1. The lowest BCUT2D eigenvalue weighted by Crippen LogP contribution is -2.28. The smallest absolute Gasteiger partial charge is 0.265 e. The van der Waals surface area contributed by atoms with Gasteiger partial charge in [0, 0.05) is 19.0 Å². The third kappa shape index (κ3) is 2.61. The third-order valence-electron chi connectivity index (χ3n) is 4.58. The number of aromatic nitrogens is 2. The molecule has 0 aliphatic heterocycles. The summed E-state index contributed by atoms with van der Waals surface area (Å²) in [5.41, 5.74) is 1.06. The van der Waals surface area contributed by atoms with E-state index in [1.165, 1.54) is 23.0 Å². The Morgan fingerprint density at radius 2 is 2.08 bits per heavy atom. The van der Waals surface area contributed by atoms with E-state index in [1.807, 2.05) is 0 Å². The molecule has 1 aliphatic rings. The van der Waals surface area contributed by atoms with Crippen molar-refractivity contribution in [3.63, 3.8) is 0 Å². The first-order chi connectivity index (χ1) is 12.0. The molecular formula is C18H16FN3O3. The van der Waals surface area contributed by atoms with Gasteiger partial charge in [-0.25, -0.2) is 9.37 Å². The van der Waals surface area contributed by atoms with Crippen LogP contribution >= 0.6 is 0 Å². The number of benzene rings is 1. The number of fused-ring (bicyclic) bond motifs is 1. The number of hydrogen-bond donors (Lipinski definition) is 1. The number of aryl methyl sites for hydroxylation is 2. The Morgan fingerprint density at radius 1 is 1.36 bits per heavy atom. The molecule has 1 aromatic carbocycles. The predicted octanol–water partition coefficient (Wildman–Crippen LogP) is 2.26. The van der Waals surface area contributed by atoms with Gasteiger partial charge in [0.2, 0.25) is 5.71 Å². The van der Waals surface area contributed by atoms with E-state index in [-0.39, 0.29) is 45.9 Å². The Bertz CT molecular complexity index is 1040. The molecule has 1 saturated carbocycles. The van der Waals surface area contributed by atoms with Crippen LogP contribution in [0, 0.1) is 12.7 Å². The number of amides is 1. The largest absolute Gasteiger partial charge is 0.442 e. The number of rotatable bonds is 3. The van der Waals surface area contributed by atoms with Gasteiger partial charge in [-0.1, -0.05) is 12.1 Å². The number of hydrogen-bond acceptors (Lipinski definition) is 4. The van der Waals surface area contributed by atoms with Crippen molar-refractivity contribution in [1.29, 1.82) is 0 Å². The minimum absolute atomic E-state index is 0.0390. The summed E-state index contributed by atoms with van der Waals surface area (Å²) in [5, 5.41) is 3.12. The van der Waals surface area contributed by atoms with E-state index in [0.29, 0.717) is 5.76 Å². The average molecular weight is 341 g/mol. The van der Waals surface area contributed by atoms with Crippen LogP contribution in [0.5, 0.6) is 0 Å². The van der Waals surface area contributed by atoms with Gasteiger partial charge in [0.05, 0.1) is 5.56 Å². The fraction of sp³-hybridized carbons (Fsp3) is 0.278. The number of halogens is 1. The zero-order chi connectivity index (χ0) is 17.7. The van der Waals surface area contributed by atoms with Crippen LogP contribution in [0.2, 0.25) is 0 Å². The second kappa shape index (κ2) is 5.54. The van der Waals surface area contributed by atoms with Crippen molar-refractivity contribution < 1.29 is 13.6 Å². The number of carbonyl (C=O) groups is 1. The Hall–Kier alpha value is -2.96. The highest BCUT2D eigenvalue weighted by molar-refractivity contribution is 6.06. The van der Waals surface area contributed by atoms with Crippen molar-refractivity contribution in [1.82, 2.24) is 14.9 Å². The van der Waals surface area contributed by atoms with Gasteiger partial charge in [-0.05, 0) is 31.0 Å². The maximum Gasteiger partial charge on any atom is 0.265 e. The second-order valence-corrected chi connectivity index (χ2v) is 6.35. The first-order valence-corrected chi connectivity index (χ1v) is 7.96. The number of nitrogens with zero attached hydrogens (tertiary/aromatic N) is 2. The Balaban J connectivity index is 1.60. The average Bonchev–Trinajstić information content (AvgIpc) is 3.24. The van der Waals surface area contributed by atoms with Crippen LogP contribution in [0.1, 0.15) is 34.0 Å². The summed E-state index contributed by atoms with van der Waals surface area (Å²) in [6.45, 7) is 1.64. The van der Waals surface area contributed by atoms with Gasteiger partial charge in [-0.15, -0.1) is 0 Å². The van der Waals surface area contributed by atoms with Gasteiger partial charge in [-0.3, -0.25) is 9.59 Å². The molecule has 25 heavy (non-hydrogen) atoms. The fourth-order valence-electron chi connectivity index (χ4n) is 3.13. The molecule has 3 aromatic rings. The molecule has 6 nitrogen and oxygen atoms in total. The quantitative estimate of drug-likeness (QED) is 0.793. The first kappa shape index (κ1) is 15.6. The van der Waals surface area contributed by atoms with E-state index in [9.17, 15) is 14.0 Å². The molecule has 0 unspecified atom stereocenters. The fourth-order valence-corrected chi connectivity index (χ4v) is 3.13. The van der Waals surface area contributed by atoms with Crippen LogP contribution in [-0.2, 0) is 7.05 Å². The van der Waals surface area contributed by atoms with E-state index >= 15 is 0 Å². The van der Waals surface area contributed by atoms with Crippen LogP contribution in [0.25, 0.3) is 11.1 Å². The number of nitrogens with one attached hydrogen (secondary N) is 1. The molecule has 1 aliphatic carbocycles. The molecule has 128 valence electrons. The molecule has 1 amide bonds. The molecule has 0 spiro atoms. The SMILES string of the molecule is Cc1oc2ncn(C)c(=O)c2c1C(=O)N[C@H]1C[C@@H]1c1ccc(F)cc1. The van der Waals surface area contributed by atoms with E-state index in [4.69, 9.17) is 4.42 Å². The monoisotopic (exact) mass is 341 g/mol. The molecule has 0 saturated heterocycles. The van der Waals surface area contributed by atoms with Crippen molar-refractivity contribution in [2.75, 3.05) is 0 Å². The van der Waals surface area contributed by atoms with Gasteiger partial charge < -0.3 is 14.3 Å². The zero-order valence-corrected chi connectivity index (χ0v) is 13.7. The summed E-state index contributed by atoms with van der Waals surface area (Å²) in [5.74, 6) is -0.115. The van der Waals surface area contributed by atoms with Crippen molar-refractivity contribution >= 4 is 17.0 Å². The third-order valence-corrected chi connectivity index (χ3v) is 4.58. The molecule has 4 rings (SSSR count). The normalized spacial score (nSPS) is 19.2. The van der Waals surface area contributed by atoms with E-state index in [0.717, 1.165) is 12.0 Å². The van der Waals surface area contributed by atoms with E-state index in [1.54, 1.807) is 26.1 Å². The van der Waals surface area contributed by atoms with Crippen LogP contribution < -0.4 is 10.9 Å². The Morgan fingerprint density at radius 3 is 2.80 bits per heavy atom. The summed E-state index contributed by atoms with van der Waals surface area (Å²) in [7, 11) is 1.57. The van der Waals surface area contributed by atoms with Crippen LogP contribution in [0.4, 0.5) is 4.39 Å². The lowest BCUT2D eigenvalue weighted by molar-refractivity contribution is 0.0950. The molecule has 2 heterocycles. The summed E-state index contributed by atoms with van der Waals surface area (Å²) in [6, 6.07) is 6.24. The second-order valence-electron chi connectivity index (χ2n) is 6.35. The molecular weight excluding hydrogens is 325 g/mol. The van der Waals surface area contributed by atoms with Gasteiger partial charge in [0.25, 0.3) is 11.5 Å². The standard InChI is InChI=1S/C18H16FN3O3/c1-9-14(15-17(25-9)20-8-22(2)18(15)24)16(23)21-13-7-12(13)10-3-5-11(19)6-4-10/h3-6,8,12-13H,7H2,1-2H3,(H,21,23)/t12-,13+/m1/s1. The molecule has 0 bridgehead atoms. The highest BCUT2D eigenvalue weighted by Gasteiger charge is 2.40. The maximum absolute atomic E-state index is 13.0. The van der Waals surface area contributed by atoms with Crippen LogP contribution in [0.15, 0.2) is 39.8 Å². The van der Waals surface area contributed by atoms with Crippen molar-refractivity contribution in [3.8, 4) is 0 Å². The van der Waals surface area contributed by atoms with Gasteiger partial charge >= 0.3 is 0 Å².